The Bertz CT molecular complexity index is 824. The highest BCUT2D eigenvalue weighted by Crippen LogP contribution is 2.23. The normalized spacial score (nSPS) is 16.4. The van der Waals surface area contributed by atoms with Crippen molar-refractivity contribution in [2.75, 3.05) is 44.7 Å². The number of nitrogens with one attached hydrogen (secondary N) is 1. The highest BCUT2D eigenvalue weighted by atomic mass is 19.1. The highest BCUT2D eigenvalue weighted by Gasteiger charge is 2.23. The summed E-state index contributed by atoms with van der Waals surface area (Å²) in [6.45, 7) is 9.24. The molecule has 1 aromatic carbocycles. The molecular formula is C20H27F2N5O. The van der Waals surface area contributed by atoms with Crippen LogP contribution in [0.3, 0.4) is 0 Å². The van der Waals surface area contributed by atoms with Crippen LogP contribution < -0.4 is 10.2 Å². The Kier molecular flexibility index (Phi) is 6.16. The number of rotatable bonds is 4. The molecule has 0 aliphatic carbocycles. The van der Waals surface area contributed by atoms with E-state index in [2.05, 4.69) is 27.3 Å². The summed E-state index contributed by atoms with van der Waals surface area (Å²) < 4.78 is 32.7. The molecule has 8 heteroatoms. The van der Waals surface area contributed by atoms with E-state index >= 15 is 0 Å². The van der Waals surface area contributed by atoms with Crippen molar-refractivity contribution in [1.29, 1.82) is 0 Å². The molecule has 0 radical (unpaired) electrons. The number of guanidine groups is 1. The summed E-state index contributed by atoms with van der Waals surface area (Å²) in [6, 6.07) is 3.57. The first-order valence-electron chi connectivity index (χ1n) is 9.49. The van der Waals surface area contributed by atoms with Gasteiger partial charge in [0.1, 0.15) is 17.4 Å². The molecular weight excluding hydrogens is 364 g/mol. The van der Waals surface area contributed by atoms with Crippen molar-refractivity contribution >= 4 is 11.6 Å². The fourth-order valence-electron chi connectivity index (χ4n) is 3.76. The number of hydrogen-bond donors (Lipinski definition) is 1. The fraction of sp³-hybridized carbons (Fsp3) is 0.500. The molecule has 2 aromatic rings. The molecule has 1 aliphatic heterocycles. The number of aromatic nitrogens is 1. The minimum absolute atomic E-state index is 0.227. The molecule has 1 unspecified atom stereocenters. The van der Waals surface area contributed by atoms with E-state index in [0.29, 0.717) is 38.4 Å². The molecule has 1 atom stereocenters. The first kappa shape index (κ1) is 20.1. The number of hydrogen-bond acceptors (Lipinski definition) is 4. The average molecular weight is 391 g/mol. The first-order valence-corrected chi connectivity index (χ1v) is 9.49. The van der Waals surface area contributed by atoms with Gasteiger partial charge in [-0.1, -0.05) is 12.1 Å². The molecule has 1 fully saturated rings. The third-order valence-electron chi connectivity index (χ3n) is 5.19. The predicted molar refractivity (Wildman–Crippen MR) is 106 cm³/mol. The van der Waals surface area contributed by atoms with Gasteiger partial charge in [0.15, 0.2) is 5.96 Å². The lowest BCUT2D eigenvalue weighted by Crippen LogP contribution is -2.53. The van der Waals surface area contributed by atoms with E-state index in [9.17, 15) is 8.78 Å². The molecule has 0 bridgehead atoms. The van der Waals surface area contributed by atoms with E-state index in [1.54, 1.807) is 7.05 Å². The number of benzene rings is 1. The zero-order valence-electron chi connectivity index (χ0n) is 16.8. The predicted octanol–water partition coefficient (Wildman–Crippen LogP) is 3.07. The van der Waals surface area contributed by atoms with Crippen molar-refractivity contribution in [3.8, 4) is 0 Å². The topological polar surface area (TPSA) is 56.9 Å². The molecule has 6 nitrogen and oxygen atoms in total. The molecule has 2 heterocycles. The summed E-state index contributed by atoms with van der Waals surface area (Å²) in [5.41, 5.74) is 2.34. The zero-order valence-corrected chi connectivity index (χ0v) is 16.8. The maximum absolute atomic E-state index is 14.0. The van der Waals surface area contributed by atoms with Gasteiger partial charge in [-0.25, -0.2) is 8.78 Å². The largest absolute Gasteiger partial charge is 0.366 e. The van der Waals surface area contributed by atoms with Crippen LogP contribution in [0, 0.1) is 25.5 Å². The molecule has 152 valence electrons. The fourth-order valence-corrected chi connectivity index (χ4v) is 3.76. The number of aliphatic imine (C=N–C) groups is 1. The van der Waals surface area contributed by atoms with Crippen molar-refractivity contribution in [2.24, 2.45) is 4.99 Å². The second-order valence-electron chi connectivity index (χ2n) is 7.14. The van der Waals surface area contributed by atoms with Crippen molar-refractivity contribution < 1.29 is 13.3 Å². The third-order valence-corrected chi connectivity index (χ3v) is 5.19. The average Bonchev–Trinajstić information content (AvgIpc) is 3.03. The quantitative estimate of drug-likeness (QED) is 0.641. The Labute approximate surface area is 164 Å². The molecule has 28 heavy (non-hydrogen) atoms. The maximum Gasteiger partial charge on any atom is 0.193 e. The second kappa shape index (κ2) is 8.58. The van der Waals surface area contributed by atoms with E-state index in [4.69, 9.17) is 4.52 Å². The lowest BCUT2D eigenvalue weighted by molar-refractivity contribution is 0.369. The van der Waals surface area contributed by atoms with Crippen molar-refractivity contribution in [1.82, 2.24) is 15.4 Å². The van der Waals surface area contributed by atoms with Gasteiger partial charge in [-0.15, -0.1) is 0 Å². The van der Waals surface area contributed by atoms with Crippen LogP contribution in [-0.4, -0.2) is 55.8 Å². The van der Waals surface area contributed by atoms with Crippen LogP contribution in [0.5, 0.6) is 0 Å². The smallest absolute Gasteiger partial charge is 0.193 e. The Hall–Kier alpha value is -2.64. The van der Waals surface area contributed by atoms with Gasteiger partial charge in [0, 0.05) is 57.3 Å². The van der Waals surface area contributed by atoms with Crippen molar-refractivity contribution in [3.63, 3.8) is 0 Å². The number of nitrogens with zero attached hydrogens (tertiary/aromatic N) is 4. The SMILES string of the molecule is CN=C(NCC(C)c1c(C)noc1C)N1CCN(c2cc(F)ccc2F)CC1. The number of piperazine rings is 1. The van der Waals surface area contributed by atoms with Gasteiger partial charge in [-0.3, -0.25) is 4.99 Å². The number of anilines is 1. The summed E-state index contributed by atoms with van der Waals surface area (Å²) in [6.07, 6.45) is 0. The van der Waals surface area contributed by atoms with Crippen molar-refractivity contribution in [3.05, 3.63) is 46.9 Å². The Morgan fingerprint density at radius 1 is 1.25 bits per heavy atom. The van der Waals surface area contributed by atoms with Gasteiger partial charge in [0.05, 0.1) is 11.4 Å². The van der Waals surface area contributed by atoms with E-state index in [0.717, 1.165) is 29.0 Å². The zero-order chi connectivity index (χ0) is 20.3. The van der Waals surface area contributed by atoms with Crippen LogP contribution in [0.4, 0.5) is 14.5 Å². The van der Waals surface area contributed by atoms with E-state index in [1.807, 2.05) is 18.7 Å². The van der Waals surface area contributed by atoms with Crippen molar-refractivity contribution in [2.45, 2.75) is 26.7 Å². The van der Waals surface area contributed by atoms with Crippen LogP contribution in [0.25, 0.3) is 0 Å². The molecule has 0 amide bonds. The van der Waals surface area contributed by atoms with Gasteiger partial charge in [-0.2, -0.15) is 0 Å². The Morgan fingerprint density at radius 2 is 1.96 bits per heavy atom. The van der Waals surface area contributed by atoms with Crippen LogP contribution >= 0.6 is 0 Å². The van der Waals surface area contributed by atoms with Gasteiger partial charge >= 0.3 is 0 Å². The van der Waals surface area contributed by atoms with Gasteiger partial charge in [0.2, 0.25) is 0 Å². The highest BCUT2D eigenvalue weighted by molar-refractivity contribution is 5.80. The molecule has 0 spiro atoms. The second-order valence-corrected chi connectivity index (χ2v) is 7.14. The van der Waals surface area contributed by atoms with E-state index in [-0.39, 0.29) is 5.92 Å². The molecule has 1 aromatic heterocycles. The van der Waals surface area contributed by atoms with Crippen LogP contribution in [0.2, 0.25) is 0 Å². The molecule has 0 saturated carbocycles. The minimum Gasteiger partial charge on any atom is -0.366 e. The van der Waals surface area contributed by atoms with Crippen LogP contribution in [0.15, 0.2) is 27.7 Å². The van der Waals surface area contributed by atoms with E-state index in [1.165, 1.54) is 12.1 Å². The summed E-state index contributed by atoms with van der Waals surface area (Å²) in [5.74, 6) is 1.05. The molecule has 1 N–H and O–H groups in total. The standard InChI is InChI=1S/C20H27F2N5O/c1-13(19-14(2)25-28-15(19)3)12-24-20(23-4)27-9-7-26(8-10-27)18-11-16(21)5-6-17(18)22/h5-6,11,13H,7-10,12H2,1-4H3,(H,23,24). The Balaban J connectivity index is 1.57. The van der Waals surface area contributed by atoms with Gasteiger partial charge in [-0.05, 0) is 26.0 Å². The molecule has 3 rings (SSSR count). The van der Waals surface area contributed by atoms with Gasteiger partial charge in [0.25, 0.3) is 0 Å². The first-order chi connectivity index (χ1) is 13.4. The van der Waals surface area contributed by atoms with Gasteiger partial charge < -0.3 is 19.6 Å². The number of halogens is 2. The molecule has 1 saturated heterocycles. The summed E-state index contributed by atoms with van der Waals surface area (Å²) in [7, 11) is 1.75. The lowest BCUT2D eigenvalue weighted by atomic mass is 10.00. The summed E-state index contributed by atoms with van der Waals surface area (Å²) in [4.78, 5) is 8.38. The van der Waals surface area contributed by atoms with Crippen LogP contribution in [0.1, 0.15) is 29.9 Å². The molecule has 1 aliphatic rings. The third kappa shape index (κ3) is 4.26. The Morgan fingerprint density at radius 3 is 2.57 bits per heavy atom. The van der Waals surface area contributed by atoms with Crippen LogP contribution in [-0.2, 0) is 0 Å². The number of aryl methyl sites for hydroxylation is 2. The van der Waals surface area contributed by atoms with E-state index < -0.39 is 11.6 Å². The monoisotopic (exact) mass is 391 g/mol. The summed E-state index contributed by atoms with van der Waals surface area (Å²) in [5, 5.41) is 7.43. The maximum atomic E-state index is 14.0. The minimum atomic E-state index is -0.426. The lowest BCUT2D eigenvalue weighted by Gasteiger charge is -2.38. The summed E-state index contributed by atoms with van der Waals surface area (Å²) >= 11 is 0.